The first-order valence-corrected chi connectivity index (χ1v) is 11.0. The predicted octanol–water partition coefficient (Wildman–Crippen LogP) is 7.10. The van der Waals surface area contributed by atoms with Crippen molar-refractivity contribution < 1.29 is 0 Å². The molecule has 0 saturated heterocycles. The van der Waals surface area contributed by atoms with E-state index in [1.807, 2.05) is 30.3 Å². The van der Waals surface area contributed by atoms with Crippen molar-refractivity contribution in [2.75, 3.05) is 0 Å². The number of aromatic nitrogens is 1. The van der Waals surface area contributed by atoms with Crippen LogP contribution in [0.25, 0.3) is 11.3 Å². The minimum Gasteiger partial charge on any atom is -0.240 e. The van der Waals surface area contributed by atoms with Gasteiger partial charge in [0.05, 0.1) is 11.3 Å². The van der Waals surface area contributed by atoms with E-state index in [-0.39, 0.29) is 0 Å². The van der Waals surface area contributed by atoms with Crippen LogP contribution >= 0.6 is 35.0 Å². The highest BCUT2D eigenvalue weighted by Gasteiger charge is 2.23. The first-order valence-electron chi connectivity index (χ1n) is 9.25. The van der Waals surface area contributed by atoms with E-state index in [9.17, 15) is 5.26 Å². The predicted molar refractivity (Wildman–Crippen MR) is 117 cm³/mol. The summed E-state index contributed by atoms with van der Waals surface area (Å²) >= 11 is 13.9. The van der Waals surface area contributed by atoms with Gasteiger partial charge in [-0.3, -0.25) is 0 Å². The Hall–Kier alpha value is -1.99. The third-order valence-electron chi connectivity index (χ3n) is 5.02. The van der Waals surface area contributed by atoms with E-state index in [0.29, 0.717) is 15.8 Å². The number of nitriles is 1. The molecule has 140 valence electrons. The Bertz CT molecular complexity index is 1060. The molecule has 0 spiro atoms. The van der Waals surface area contributed by atoms with Crippen LogP contribution in [0.15, 0.2) is 53.6 Å². The summed E-state index contributed by atoms with van der Waals surface area (Å²) in [5.74, 6) is 0.644. The van der Waals surface area contributed by atoms with E-state index in [0.717, 1.165) is 53.1 Å². The zero-order valence-electron chi connectivity index (χ0n) is 15.2. The number of halogens is 2. The van der Waals surface area contributed by atoms with Crippen LogP contribution in [0.5, 0.6) is 0 Å². The molecule has 0 aliphatic heterocycles. The summed E-state index contributed by atoms with van der Waals surface area (Å²) in [7, 11) is 0. The molecule has 0 fully saturated rings. The summed E-state index contributed by atoms with van der Waals surface area (Å²) in [5.41, 5.74) is 6.25. The van der Waals surface area contributed by atoms with Gasteiger partial charge in [-0.1, -0.05) is 59.6 Å². The van der Waals surface area contributed by atoms with Crippen molar-refractivity contribution in [1.82, 2.24) is 4.98 Å². The van der Waals surface area contributed by atoms with Crippen molar-refractivity contribution in [1.29, 1.82) is 5.26 Å². The lowest BCUT2D eigenvalue weighted by molar-refractivity contribution is 0.677. The highest BCUT2D eigenvalue weighted by atomic mass is 35.5. The van der Waals surface area contributed by atoms with Crippen molar-refractivity contribution in [3.05, 3.63) is 80.8 Å². The van der Waals surface area contributed by atoms with Crippen LogP contribution in [-0.2, 0) is 18.6 Å². The minimum absolute atomic E-state index is 0.620. The van der Waals surface area contributed by atoms with Crippen LogP contribution < -0.4 is 0 Å². The molecule has 0 bridgehead atoms. The van der Waals surface area contributed by atoms with E-state index < -0.39 is 0 Å². The van der Waals surface area contributed by atoms with Crippen LogP contribution in [0.3, 0.4) is 0 Å². The normalized spacial score (nSPS) is 13.0. The van der Waals surface area contributed by atoms with Crippen LogP contribution in [0.1, 0.15) is 35.1 Å². The van der Waals surface area contributed by atoms with E-state index >= 15 is 0 Å². The fraction of sp³-hybridized carbons (Fsp3) is 0.217. The van der Waals surface area contributed by atoms with Gasteiger partial charge >= 0.3 is 0 Å². The lowest BCUT2D eigenvalue weighted by atomic mass is 9.86. The number of thioether (sulfide) groups is 1. The van der Waals surface area contributed by atoms with Gasteiger partial charge in [-0.05, 0) is 54.5 Å². The highest BCUT2D eigenvalue weighted by molar-refractivity contribution is 7.98. The van der Waals surface area contributed by atoms with E-state index in [4.69, 9.17) is 28.2 Å². The average Bonchev–Trinajstić information content (AvgIpc) is 2.73. The molecular formula is C23H18Cl2N2S. The minimum atomic E-state index is 0.620. The summed E-state index contributed by atoms with van der Waals surface area (Å²) < 4.78 is 0. The smallest absolute Gasteiger partial charge is 0.115 e. The van der Waals surface area contributed by atoms with Gasteiger partial charge in [-0.25, -0.2) is 4.98 Å². The van der Waals surface area contributed by atoms with E-state index in [1.54, 1.807) is 17.8 Å². The highest BCUT2D eigenvalue weighted by Crippen LogP contribution is 2.38. The van der Waals surface area contributed by atoms with Crippen molar-refractivity contribution in [2.24, 2.45) is 0 Å². The SMILES string of the molecule is N#Cc1c(SCc2ccc(Cl)cc2Cl)nc(-c2ccccc2)c2c1CCCC2. The summed E-state index contributed by atoms with van der Waals surface area (Å²) in [4.78, 5) is 4.96. The first kappa shape index (κ1) is 19.3. The molecule has 5 heteroatoms. The number of fused-ring (bicyclic) bond motifs is 1. The Labute approximate surface area is 179 Å². The van der Waals surface area contributed by atoms with Crippen molar-refractivity contribution in [3.63, 3.8) is 0 Å². The van der Waals surface area contributed by atoms with Crippen LogP contribution in [-0.4, -0.2) is 4.98 Å². The molecule has 28 heavy (non-hydrogen) atoms. The summed E-state index contributed by atoms with van der Waals surface area (Å²) in [6, 6.07) is 18.2. The molecule has 0 N–H and O–H groups in total. The summed E-state index contributed by atoms with van der Waals surface area (Å²) in [6.45, 7) is 0. The first-order chi connectivity index (χ1) is 13.7. The van der Waals surface area contributed by atoms with Gasteiger partial charge in [0.15, 0.2) is 0 Å². The zero-order valence-corrected chi connectivity index (χ0v) is 17.5. The largest absolute Gasteiger partial charge is 0.240 e. The Morgan fingerprint density at radius 2 is 1.75 bits per heavy atom. The van der Waals surface area contributed by atoms with Crippen LogP contribution in [0, 0.1) is 11.3 Å². The van der Waals surface area contributed by atoms with Gasteiger partial charge in [0.25, 0.3) is 0 Å². The van der Waals surface area contributed by atoms with Gasteiger partial charge < -0.3 is 0 Å². The molecule has 0 unspecified atom stereocenters. The molecule has 1 aliphatic rings. The monoisotopic (exact) mass is 424 g/mol. The average molecular weight is 425 g/mol. The fourth-order valence-corrected chi connectivity index (χ4v) is 5.20. The number of nitrogens with zero attached hydrogens (tertiary/aromatic N) is 2. The Kier molecular flexibility index (Phi) is 5.92. The molecule has 3 aromatic rings. The zero-order chi connectivity index (χ0) is 19.5. The maximum absolute atomic E-state index is 9.88. The molecule has 0 atom stereocenters. The molecular weight excluding hydrogens is 407 g/mol. The maximum atomic E-state index is 9.88. The Balaban J connectivity index is 1.77. The number of pyridine rings is 1. The van der Waals surface area contributed by atoms with Crippen molar-refractivity contribution in [3.8, 4) is 17.3 Å². The molecule has 1 heterocycles. The number of hydrogen-bond acceptors (Lipinski definition) is 3. The molecule has 4 rings (SSSR count). The van der Waals surface area contributed by atoms with Crippen molar-refractivity contribution in [2.45, 2.75) is 36.5 Å². The molecule has 1 aliphatic carbocycles. The second kappa shape index (κ2) is 8.57. The molecule has 1 aromatic heterocycles. The molecule has 0 radical (unpaired) electrons. The van der Waals surface area contributed by atoms with Gasteiger partial charge in [-0.15, -0.1) is 11.8 Å². The second-order valence-electron chi connectivity index (χ2n) is 6.81. The number of rotatable bonds is 4. The summed E-state index contributed by atoms with van der Waals surface area (Å²) in [6.07, 6.45) is 4.18. The third-order valence-corrected chi connectivity index (χ3v) is 6.63. The molecule has 2 aromatic carbocycles. The third kappa shape index (κ3) is 3.91. The van der Waals surface area contributed by atoms with Gasteiger partial charge in [0, 0.05) is 21.4 Å². The lowest BCUT2D eigenvalue weighted by Crippen LogP contribution is -2.10. The second-order valence-corrected chi connectivity index (χ2v) is 8.61. The standard InChI is InChI=1S/C23H18Cl2N2S/c24-17-11-10-16(21(25)12-17)14-28-23-20(13-26)18-8-4-5-9-19(18)22(27-23)15-6-2-1-3-7-15/h1-3,6-7,10-12H,4-5,8-9,14H2. The van der Waals surface area contributed by atoms with Gasteiger partial charge in [-0.2, -0.15) is 5.26 Å². The molecule has 2 nitrogen and oxygen atoms in total. The molecule has 0 amide bonds. The lowest BCUT2D eigenvalue weighted by Gasteiger charge is -2.22. The van der Waals surface area contributed by atoms with Crippen LogP contribution in [0.4, 0.5) is 0 Å². The quantitative estimate of drug-likeness (QED) is 0.419. The van der Waals surface area contributed by atoms with Crippen molar-refractivity contribution >= 4 is 35.0 Å². The Morgan fingerprint density at radius 3 is 2.46 bits per heavy atom. The summed E-state index contributed by atoms with van der Waals surface area (Å²) in [5, 5.41) is 11.9. The van der Waals surface area contributed by atoms with E-state index in [1.165, 1.54) is 11.1 Å². The number of benzene rings is 2. The number of hydrogen-bond donors (Lipinski definition) is 0. The maximum Gasteiger partial charge on any atom is 0.115 e. The fourth-order valence-electron chi connectivity index (χ4n) is 3.64. The van der Waals surface area contributed by atoms with Gasteiger partial charge in [0.2, 0.25) is 0 Å². The molecule has 0 saturated carbocycles. The van der Waals surface area contributed by atoms with Crippen LogP contribution in [0.2, 0.25) is 10.0 Å². The topological polar surface area (TPSA) is 36.7 Å². The van der Waals surface area contributed by atoms with Gasteiger partial charge in [0.1, 0.15) is 11.1 Å². The Morgan fingerprint density at radius 1 is 1.00 bits per heavy atom. The van der Waals surface area contributed by atoms with E-state index in [2.05, 4.69) is 18.2 Å².